The standard InChI is InChI=1S/C13H15ClF2/c1-8-3-2-4-9(7-8)10-5-6-11(15)13(16)12(10)14/h5-6,8-9H,2-4,7H2,1H3. The van der Waals surface area contributed by atoms with Crippen LogP contribution in [0.25, 0.3) is 0 Å². The third-order valence-corrected chi connectivity index (χ3v) is 3.83. The molecule has 0 spiro atoms. The Labute approximate surface area is 99.6 Å². The lowest BCUT2D eigenvalue weighted by Crippen LogP contribution is -2.12. The van der Waals surface area contributed by atoms with Gasteiger partial charge in [0.1, 0.15) is 0 Å². The van der Waals surface area contributed by atoms with Crippen molar-refractivity contribution < 1.29 is 8.78 Å². The fourth-order valence-corrected chi connectivity index (χ4v) is 2.88. The topological polar surface area (TPSA) is 0 Å². The molecule has 0 nitrogen and oxygen atoms in total. The maximum atomic E-state index is 13.3. The Balaban J connectivity index is 2.29. The molecule has 0 heterocycles. The van der Waals surface area contributed by atoms with Crippen LogP contribution in [0.4, 0.5) is 8.78 Å². The molecule has 2 atom stereocenters. The molecule has 1 saturated carbocycles. The summed E-state index contributed by atoms with van der Waals surface area (Å²) in [5.74, 6) is -0.843. The minimum atomic E-state index is -0.905. The Morgan fingerprint density at radius 2 is 2.00 bits per heavy atom. The summed E-state index contributed by atoms with van der Waals surface area (Å²) in [5, 5.41) is -0.0286. The zero-order valence-corrected chi connectivity index (χ0v) is 10.0. The minimum absolute atomic E-state index is 0.0286. The lowest BCUT2D eigenvalue weighted by Gasteiger charge is -2.27. The van der Waals surface area contributed by atoms with Gasteiger partial charge in [0.15, 0.2) is 11.6 Å². The summed E-state index contributed by atoms with van der Waals surface area (Å²) >= 11 is 5.86. The number of hydrogen-bond donors (Lipinski definition) is 0. The van der Waals surface area contributed by atoms with E-state index in [9.17, 15) is 8.78 Å². The van der Waals surface area contributed by atoms with Crippen molar-refractivity contribution in [2.24, 2.45) is 5.92 Å². The highest BCUT2D eigenvalue weighted by molar-refractivity contribution is 6.31. The molecule has 0 radical (unpaired) electrons. The van der Waals surface area contributed by atoms with E-state index in [-0.39, 0.29) is 10.9 Å². The van der Waals surface area contributed by atoms with Crippen molar-refractivity contribution in [1.29, 1.82) is 0 Å². The van der Waals surface area contributed by atoms with E-state index in [0.29, 0.717) is 5.92 Å². The molecule has 2 unspecified atom stereocenters. The van der Waals surface area contributed by atoms with E-state index in [1.54, 1.807) is 6.07 Å². The van der Waals surface area contributed by atoms with Gasteiger partial charge in [0.05, 0.1) is 5.02 Å². The van der Waals surface area contributed by atoms with Crippen LogP contribution in [0.5, 0.6) is 0 Å². The molecule has 0 amide bonds. The first-order valence-electron chi connectivity index (χ1n) is 5.73. The van der Waals surface area contributed by atoms with Gasteiger partial charge >= 0.3 is 0 Å². The van der Waals surface area contributed by atoms with Crippen LogP contribution in [0.1, 0.15) is 44.1 Å². The molecule has 0 bridgehead atoms. The molecule has 0 saturated heterocycles. The first-order valence-corrected chi connectivity index (χ1v) is 6.10. The van der Waals surface area contributed by atoms with E-state index in [1.807, 2.05) is 0 Å². The molecule has 0 aromatic heterocycles. The van der Waals surface area contributed by atoms with Crippen molar-refractivity contribution in [3.63, 3.8) is 0 Å². The third-order valence-electron chi connectivity index (χ3n) is 3.44. The highest BCUT2D eigenvalue weighted by Crippen LogP contribution is 2.39. The van der Waals surface area contributed by atoms with Crippen molar-refractivity contribution in [3.05, 3.63) is 34.4 Å². The van der Waals surface area contributed by atoms with Crippen molar-refractivity contribution in [3.8, 4) is 0 Å². The van der Waals surface area contributed by atoms with E-state index < -0.39 is 11.6 Å². The molecule has 0 N–H and O–H groups in total. The van der Waals surface area contributed by atoms with Gasteiger partial charge in [-0.05, 0) is 36.3 Å². The lowest BCUT2D eigenvalue weighted by atomic mass is 9.79. The predicted molar refractivity (Wildman–Crippen MR) is 61.7 cm³/mol. The molecule has 1 aromatic carbocycles. The van der Waals surface area contributed by atoms with Crippen molar-refractivity contribution >= 4 is 11.6 Å². The summed E-state index contributed by atoms with van der Waals surface area (Å²) < 4.78 is 26.3. The monoisotopic (exact) mass is 244 g/mol. The normalized spacial score (nSPS) is 25.8. The second-order valence-electron chi connectivity index (χ2n) is 4.73. The smallest absolute Gasteiger partial charge is 0.177 e. The maximum Gasteiger partial charge on any atom is 0.177 e. The summed E-state index contributed by atoms with van der Waals surface area (Å²) in [4.78, 5) is 0. The van der Waals surface area contributed by atoms with Crippen molar-refractivity contribution in [1.82, 2.24) is 0 Å². The van der Waals surface area contributed by atoms with Crippen LogP contribution in [-0.4, -0.2) is 0 Å². The van der Waals surface area contributed by atoms with E-state index in [1.165, 1.54) is 12.5 Å². The number of halogens is 3. The van der Waals surface area contributed by atoms with Crippen molar-refractivity contribution in [2.45, 2.75) is 38.5 Å². The van der Waals surface area contributed by atoms with Crippen LogP contribution in [0.3, 0.4) is 0 Å². The van der Waals surface area contributed by atoms with Gasteiger partial charge in [-0.1, -0.05) is 37.4 Å². The quantitative estimate of drug-likeness (QED) is 0.616. The second-order valence-corrected chi connectivity index (χ2v) is 5.11. The molecule has 88 valence electrons. The van der Waals surface area contributed by atoms with E-state index in [4.69, 9.17) is 11.6 Å². The largest absolute Gasteiger partial charge is 0.204 e. The number of rotatable bonds is 1. The van der Waals surface area contributed by atoms with Gasteiger partial charge < -0.3 is 0 Å². The Hall–Kier alpha value is -0.630. The summed E-state index contributed by atoms with van der Waals surface area (Å²) in [7, 11) is 0. The molecule has 16 heavy (non-hydrogen) atoms. The zero-order chi connectivity index (χ0) is 11.7. The van der Waals surface area contributed by atoms with E-state index >= 15 is 0 Å². The maximum absolute atomic E-state index is 13.3. The van der Waals surface area contributed by atoms with Crippen LogP contribution in [0.2, 0.25) is 5.02 Å². The number of hydrogen-bond acceptors (Lipinski definition) is 0. The third kappa shape index (κ3) is 2.22. The highest BCUT2D eigenvalue weighted by atomic mass is 35.5. The lowest BCUT2D eigenvalue weighted by molar-refractivity contribution is 0.343. The SMILES string of the molecule is CC1CCCC(c2ccc(F)c(F)c2Cl)C1. The van der Waals surface area contributed by atoms with Gasteiger partial charge in [-0.15, -0.1) is 0 Å². The summed E-state index contributed by atoms with van der Waals surface area (Å²) in [5.41, 5.74) is 0.770. The van der Waals surface area contributed by atoms with Crippen LogP contribution in [0.15, 0.2) is 12.1 Å². The molecular weight excluding hydrogens is 230 g/mol. The van der Waals surface area contributed by atoms with Gasteiger partial charge in [0.2, 0.25) is 0 Å². The van der Waals surface area contributed by atoms with Gasteiger partial charge in [-0.3, -0.25) is 0 Å². The van der Waals surface area contributed by atoms with Gasteiger partial charge in [-0.2, -0.15) is 0 Å². The second kappa shape index (κ2) is 4.70. The average molecular weight is 245 g/mol. The fourth-order valence-electron chi connectivity index (χ4n) is 2.57. The average Bonchev–Trinajstić information content (AvgIpc) is 2.26. The van der Waals surface area contributed by atoms with Crippen molar-refractivity contribution in [2.75, 3.05) is 0 Å². The Kier molecular flexibility index (Phi) is 3.48. The number of benzene rings is 1. The van der Waals surface area contributed by atoms with Gasteiger partial charge in [0.25, 0.3) is 0 Å². The predicted octanol–water partition coefficient (Wildman–Crippen LogP) is 4.91. The zero-order valence-electron chi connectivity index (χ0n) is 9.27. The van der Waals surface area contributed by atoms with Crippen LogP contribution in [-0.2, 0) is 0 Å². The Morgan fingerprint density at radius 1 is 1.25 bits per heavy atom. The van der Waals surface area contributed by atoms with Crippen LogP contribution < -0.4 is 0 Å². The summed E-state index contributed by atoms with van der Waals surface area (Å²) in [6.07, 6.45) is 4.40. The van der Waals surface area contributed by atoms with Crippen LogP contribution in [0, 0.1) is 17.6 Å². The molecule has 1 fully saturated rings. The molecule has 1 aliphatic carbocycles. The molecule has 0 aliphatic heterocycles. The first kappa shape index (κ1) is 11.8. The molecule has 1 aliphatic rings. The highest BCUT2D eigenvalue weighted by Gasteiger charge is 2.24. The summed E-state index contributed by atoms with van der Waals surface area (Å²) in [6, 6.07) is 2.80. The van der Waals surface area contributed by atoms with Gasteiger partial charge in [0, 0.05) is 0 Å². The molecule has 1 aromatic rings. The first-order chi connectivity index (χ1) is 7.59. The minimum Gasteiger partial charge on any atom is -0.204 e. The molecular formula is C13H15ClF2. The Bertz CT molecular complexity index is 390. The van der Waals surface area contributed by atoms with E-state index in [2.05, 4.69) is 6.92 Å². The van der Waals surface area contributed by atoms with Gasteiger partial charge in [-0.25, -0.2) is 8.78 Å². The fraction of sp³-hybridized carbons (Fsp3) is 0.538. The molecule has 2 rings (SSSR count). The summed E-state index contributed by atoms with van der Waals surface area (Å²) in [6.45, 7) is 2.19. The molecule has 3 heteroatoms. The Morgan fingerprint density at radius 3 is 2.69 bits per heavy atom. The van der Waals surface area contributed by atoms with Crippen LogP contribution >= 0.6 is 11.6 Å². The van der Waals surface area contributed by atoms with E-state index in [0.717, 1.165) is 24.8 Å².